The van der Waals surface area contributed by atoms with Crippen molar-refractivity contribution >= 4 is 17.7 Å². The zero-order chi connectivity index (χ0) is 21.1. The molecule has 3 aromatic rings. The average molecular weight is 405 g/mol. The zero-order valence-corrected chi connectivity index (χ0v) is 16.9. The lowest BCUT2D eigenvalue weighted by Gasteiger charge is -2.14. The summed E-state index contributed by atoms with van der Waals surface area (Å²) in [4.78, 5) is 31.5. The molecule has 1 atom stereocenters. The van der Waals surface area contributed by atoms with E-state index in [-0.39, 0.29) is 29.4 Å². The van der Waals surface area contributed by atoms with Crippen LogP contribution in [0.3, 0.4) is 0 Å². The Hall–Kier alpha value is -3.61. The fraction of sp³-hybridized carbons (Fsp3) is 0.261. The highest BCUT2D eigenvalue weighted by Crippen LogP contribution is 2.27. The summed E-state index contributed by atoms with van der Waals surface area (Å²) in [6, 6.07) is 14.2. The standard InChI is InChI=1S/C23H23N3O4/c1-15-13-17(29-2)6-7-18(15)22(27)25-21-9-8-20(30-21)23(28)26-12-10-16(14-26)19-5-3-4-11-24-19/h3-9,11,13,16H,10,12,14H2,1-2H3,(H,25,27). The number of carbonyl (C=O) groups excluding carboxylic acids is 2. The fourth-order valence-electron chi connectivity index (χ4n) is 3.68. The number of likely N-dealkylation sites (tertiary alicyclic amines) is 1. The molecular weight excluding hydrogens is 382 g/mol. The van der Waals surface area contributed by atoms with Crippen LogP contribution < -0.4 is 10.1 Å². The van der Waals surface area contributed by atoms with Gasteiger partial charge in [0.05, 0.1) is 7.11 Å². The predicted molar refractivity (Wildman–Crippen MR) is 112 cm³/mol. The van der Waals surface area contributed by atoms with E-state index < -0.39 is 0 Å². The number of hydrogen-bond donors (Lipinski definition) is 1. The Balaban J connectivity index is 1.40. The van der Waals surface area contributed by atoms with Gasteiger partial charge in [0.1, 0.15) is 5.75 Å². The number of nitrogens with zero attached hydrogens (tertiary/aromatic N) is 2. The van der Waals surface area contributed by atoms with Gasteiger partial charge in [0.25, 0.3) is 11.8 Å². The van der Waals surface area contributed by atoms with Crippen molar-refractivity contribution in [3.05, 3.63) is 77.3 Å². The smallest absolute Gasteiger partial charge is 0.289 e. The van der Waals surface area contributed by atoms with Gasteiger partial charge < -0.3 is 14.1 Å². The van der Waals surface area contributed by atoms with Crippen LogP contribution in [0, 0.1) is 6.92 Å². The van der Waals surface area contributed by atoms with E-state index in [0.29, 0.717) is 24.4 Å². The molecule has 3 heterocycles. The van der Waals surface area contributed by atoms with Crippen molar-refractivity contribution in [1.29, 1.82) is 0 Å². The van der Waals surface area contributed by atoms with Crippen LogP contribution in [-0.4, -0.2) is 41.9 Å². The van der Waals surface area contributed by atoms with Crippen molar-refractivity contribution < 1.29 is 18.7 Å². The van der Waals surface area contributed by atoms with Gasteiger partial charge in [0, 0.05) is 42.5 Å². The number of aryl methyl sites for hydroxylation is 1. The molecule has 1 unspecified atom stereocenters. The van der Waals surface area contributed by atoms with E-state index in [1.165, 1.54) is 0 Å². The molecule has 1 N–H and O–H groups in total. The molecule has 7 nitrogen and oxygen atoms in total. The minimum Gasteiger partial charge on any atom is -0.497 e. The van der Waals surface area contributed by atoms with E-state index in [4.69, 9.17) is 9.15 Å². The average Bonchev–Trinajstić information content (AvgIpc) is 3.44. The molecule has 7 heteroatoms. The van der Waals surface area contributed by atoms with Gasteiger partial charge in [-0.05, 0) is 55.3 Å². The summed E-state index contributed by atoms with van der Waals surface area (Å²) >= 11 is 0. The first kappa shape index (κ1) is 19.7. The van der Waals surface area contributed by atoms with Crippen LogP contribution in [0.4, 0.5) is 5.88 Å². The Bertz CT molecular complexity index is 1060. The molecule has 2 aromatic heterocycles. The number of aromatic nitrogens is 1. The van der Waals surface area contributed by atoms with Gasteiger partial charge in [-0.15, -0.1) is 0 Å². The van der Waals surface area contributed by atoms with Crippen LogP contribution in [-0.2, 0) is 0 Å². The van der Waals surface area contributed by atoms with Crippen molar-refractivity contribution in [2.75, 3.05) is 25.5 Å². The minimum atomic E-state index is -0.306. The summed E-state index contributed by atoms with van der Waals surface area (Å²) in [5.74, 6) is 0.860. The molecule has 4 rings (SSSR count). The lowest BCUT2D eigenvalue weighted by Crippen LogP contribution is -2.28. The number of furan rings is 1. The van der Waals surface area contributed by atoms with E-state index in [1.54, 1.807) is 48.5 Å². The third-order valence-corrected chi connectivity index (χ3v) is 5.31. The van der Waals surface area contributed by atoms with Gasteiger partial charge in [0.2, 0.25) is 5.88 Å². The molecule has 1 aliphatic heterocycles. The van der Waals surface area contributed by atoms with Gasteiger partial charge in [-0.25, -0.2) is 0 Å². The molecule has 1 saturated heterocycles. The monoisotopic (exact) mass is 405 g/mol. The second-order valence-electron chi connectivity index (χ2n) is 7.29. The quantitative estimate of drug-likeness (QED) is 0.696. The Labute approximate surface area is 174 Å². The molecule has 30 heavy (non-hydrogen) atoms. The lowest BCUT2D eigenvalue weighted by atomic mass is 10.0. The Morgan fingerprint density at radius 3 is 2.80 bits per heavy atom. The van der Waals surface area contributed by atoms with Crippen molar-refractivity contribution in [2.45, 2.75) is 19.3 Å². The number of anilines is 1. The number of nitrogens with one attached hydrogen (secondary N) is 1. The highest BCUT2D eigenvalue weighted by Gasteiger charge is 2.30. The maximum absolute atomic E-state index is 12.8. The van der Waals surface area contributed by atoms with Crippen molar-refractivity contribution in [2.24, 2.45) is 0 Å². The van der Waals surface area contributed by atoms with Crippen LogP contribution in [0.2, 0.25) is 0 Å². The minimum absolute atomic E-state index is 0.186. The van der Waals surface area contributed by atoms with E-state index in [2.05, 4.69) is 10.3 Å². The molecule has 0 spiro atoms. The Kier molecular flexibility index (Phi) is 5.52. The summed E-state index contributed by atoms with van der Waals surface area (Å²) in [6.07, 6.45) is 2.63. The van der Waals surface area contributed by atoms with Crippen molar-refractivity contribution in [3.8, 4) is 5.75 Å². The van der Waals surface area contributed by atoms with Gasteiger partial charge >= 0.3 is 0 Å². The Morgan fingerprint density at radius 2 is 2.07 bits per heavy atom. The second kappa shape index (κ2) is 8.41. The zero-order valence-electron chi connectivity index (χ0n) is 16.9. The number of hydrogen-bond acceptors (Lipinski definition) is 5. The summed E-state index contributed by atoms with van der Waals surface area (Å²) < 4.78 is 10.8. The van der Waals surface area contributed by atoms with Crippen molar-refractivity contribution in [1.82, 2.24) is 9.88 Å². The maximum atomic E-state index is 12.8. The molecule has 1 fully saturated rings. The number of ether oxygens (including phenoxy) is 1. The number of benzene rings is 1. The van der Waals surface area contributed by atoms with Crippen LogP contribution >= 0.6 is 0 Å². The molecule has 154 valence electrons. The normalized spacial score (nSPS) is 15.8. The van der Waals surface area contributed by atoms with Gasteiger partial charge in [-0.3, -0.25) is 19.9 Å². The third kappa shape index (κ3) is 4.05. The number of rotatable bonds is 5. The molecule has 0 saturated carbocycles. The van der Waals surface area contributed by atoms with Gasteiger partial charge in [-0.1, -0.05) is 6.07 Å². The summed E-state index contributed by atoms with van der Waals surface area (Å²) in [6.45, 7) is 3.08. The van der Waals surface area contributed by atoms with Crippen LogP contribution in [0.1, 0.15) is 44.5 Å². The molecule has 0 bridgehead atoms. The maximum Gasteiger partial charge on any atom is 0.289 e. The number of methoxy groups -OCH3 is 1. The molecule has 0 radical (unpaired) electrons. The number of carbonyl (C=O) groups is 2. The molecule has 2 amide bonds. The molecular formula is C23H23N3O4. The van der Waals surface area contributed by atoms with Gasteiger partial charge in [0.15, 0.2) is 5.76 Å². The van der Waals surface area contributed by atoms with Gasteiger partial charge in [-0.2, -0.15) is 0 Å². The SMILES string of the molecule is COc1ccc(C(=O)Nc2ccc(C(=O)N3CCC(c4ccccn4)C3)o2)c(C)c1. The van der Waals surface area contributed by atoms with E-state index in [9.17, 15) is 9.59 Å². The lowest BCUT2D eigenvalue weighted by molar-refractivity contribution is 0.0759. The van der Waals surface area contributed by atoms with Crippen LogP contribution in [0.15, 0.2) is 59.1 Å². The molecule has 1 aromatic carbocycles. The fourth-order valence-corrected chi connectivity index (χ4v) is 3.68. The summed E-state index contributed by atoms with van der Waals surface area (Å²) in [5, 5.41) is 2.71. The summed E-state index contributed by atoms with van der Waals surface area (Å²) in [7, 11) is 1.58. The number of pyridine rings is 1. The first-order valence-corrected chi connectivity index (χ1v) is 9.81. The molecule has 0 aliphatic carbocycles. The highest BCUT2D eigenvalue weighted by molar-refractivity contribution is 6.05. The van der Waals surface area contributed by atoms with Crippen LogP contribution in [0.25, 0.3) is 0 Å². The highest BCUT2D eigenvalue weighted by atomic mass is 16.5. The largest absolute Gasteiger partial charge is 0.497 e. The van der Waals surface area contributed by atoms with Crippen LogP contribution in [0.5, 0.6) is 5.75 Å². The topological polar surface area (TPSA) is 84.7 Å². The van der Waals surface area contributed by atoms with E-state index in [1.807, 2.05) is 25.1 Å². The van der Waals surface area contributed by atoms with E-state index in [0.717, 1.165) is 17.7 Å². The predicted octanol–water partition coefficient (Wildman–Crippen LogP) is 3.87. The Morgan fingerprint density at radius 1 is 1.20 bits per heavy atom. The van der Waals surface area contributed by atoms with Crippen molar-refractivity contribution in [3.63, 3.8) is 0 Å². The van der Waals surface area contributed by atoms with E-state index >= 15 is 0 Å². The molecule has 1 aliphatic rings. The third-order valence-electron chi connectivity index (χ3n) is 5.31. The number of amides is 2. The first-order valence-electron chi connectivity index (χ1n) is 9.81. The second-order valence-corrected chi connectivity index (χ2v) is 7.29. The summed E-state index contributed by atoms with van der Waals surface area (Å²) in [5.41, 5.74) is 2.29. The first-order chi connectivity index (χ1) is 14.5.